The van der Waals surface area contributed by atoms with Crippen LogP contribution in [-0.2, 0) is 19.5 Å². The number of rotatable bonds is 6. The number of phenolic OH excluding ortho intramolecular Hbond substituents is 1. The maximum atomic E-state index is 12.6. The highest BCUT2D eigenvalue weighted by Gasteiger charge is 2.30. The van der Waals surface area contributed by atoms with E-state index < -0.39 is 10.0 Å². The van der Waals surface area contributed by atoms with Gasteiger partial charge in [-0.1, -0.05) is 12.1 Å². The number of benzene rings is 1. The number of nitrogens with zero attached hydrogens (tertiary/aromatic N) is 2. The van der Waals surface area contributed by atoms with Gasteiger partial charge in [0, 0.05) is 26.2 Å². The molecule has 7 nitrogen and oxygen atoms in total. The van der Waals surface area contributed by atoms with E-state index in [0.717, 1.165) is 38.4 Å². The molecule has 25 heavy (non-hydrogen) atoms. The van der Waals surface area contributed by atoms with Crippen molar-refractivity contribution < 1.29 is 23.0 Å². The first kappa shape index (κ1) is 18.6. The highest BCUT2D eigenvalue weighted by atomic mass is 32.2. The summed E-state index contributed by atoms with van der Waals surface area (Å²) in [5, 5.41) is 9.61. The van der Waals surface area contributed by atoms with Gasteiger partial charge in [0.2, 0.25) is 10.0 Å². The van der Waals surface area contributed by atoms with Gasteiger partial charge in [-0.15, -0.1) is 0 Å². The van der Waals surface area contributed by atoms with E-state index in [9.17, 15) is 13.5 Å². The van der Waals surface area contributed by atoms with Crippen LogP contribution in [0.25, 0.3) is 0 Å². The van der Waals surface area contributed by atoms with Crippen LogP contribution in [0.4, 0.5) is 0 Å². The average Bonchev–Trinajstić information content (AvgIpc) is 2.63. The second-order valence-corrected chi connectivity index (χ2v) is 8.52. The largest absolute Gasteiger partial charge is 0.508 e. The van der Waals surface area contributed by atoms with Crippen LogP contribution in [0.2, 0.25) is 0 Å². The Hall–Kier alpha value is -1.19. The molecule has 2 aliphatic heterocycles. The fourth-order valence-corrected chi connectivity index (χ4v) is 4.70. The molecule has 2 saturated heterocycles. The lowest BCUT2D eigenvalue weighted by Crippen LogP contribution is -2.44. The third-order valence-corrected chi connectivity index (χ3v) is 6.57. The quantitative estimate of drug-likeness (QED) is 0.799. The minimum absolute atomic E-state index is 0.150. The van der Waals surface area contributed by atoms with E-state index in [0.29, 0.717) is 26.1 Å². The van der Waals surface area contributed by atoms with Crippen molar-refractivity contribution in [3.05, 3.63) is 29.8 Å². The SMILES string of the molecule is O=S(=O)(CCCN1CCOCC1)N1CCOC(c2cccc(O)c2)C1. The Morgan fingerprint density at radius 1 is 1.16 bits per heavy atom. The number of sulfonamides is 1. The molecule has 2 aliphatic rings. The zero-order valence-corrected chi connectivity index (χ0v) is 15.2. The molecule has 0 aromatic heterocycles. The molecule has 1 aromatic rings. The standard InChI is InChI=1S/C17H26N2O5S/c20-16-4-1-3-15(13-16)17-14-19(8-11-24-17)25(21,22)12-2-5-18-6-9-23-10-7-18/h1,3-4,13,17,20H,2,5-12,14H2. The minimum Gasteiger partial charge on any atom is -0.508 e. The highest BCUT2D eigenvalue weighted by molar-refractivity contribution is 7.89. The van der Waals surface area contributed by atoms with E-state index in [1.54, 1.807) is 18.2 Å². The fourth-order valence-electron chi connectivity index (χ4n) is 3.23. The first-order valence-corrected chi connectivity index (χ1v) is 10.3. The molecular weight excluding hydrogens is 344 g/mol. The summed E-state index contributed by atoms with van der Waals surface area (Å²) >= 11 is 0. The normalized spacial score (nSPS) is 23.6. The van der Waals surface area contributed by atoms with Gasteiger partial charge in [0.1, 0.15) is 5.75 Å². The zero-order valence-electron chi connectivity index (χ0n) is 14.3. The van der Waals surface area contributed by atoms with Gasteiger partial charge in [0.25, 0.3) is 0 Å². The molecule has 0 bridgehead atoms. The second kappa shape index (κ2) is 8.46. The number of morpholine rings is 2. The van der Waals surface area contributed by atoms with Crippen LogP contribution in [0.15, 0.2) is 24.3 Å². The molecule has 1 aromatic carbocycles. The third kappa shape index (κ3) is 5.15. The van der Waals surface area contributed by atoms with Gasteiger partial charge in [-0.2, -0.15) is 4.31 Å². The van der Waals surface area contributed by atoms with Crippen LogP contribution in [0.3, 0.4) is 0 Å². The van der Waals surface area contributed by atoms with Crippen molar-refractivity contribution in [3.8, 4) is 5.75 Å². The molecule has 2 heterocycles. The predicted molar refractivity (Wildman–Crippen MR) is 94.0 cm³/mol. The summed E-state index contributed by atoms with van der Waals surface area (Å²) in [6.45, 7) is 5.02. The van der Waals surface area contributed by atoms with Gasteiger partial charge < -0.3 is 14.6 Å². The Morgan fingerprint density at radius 2 is 1.96 bits per heavy atom. The average molecular weight is 370 g/mol. The Morgan fingerprint density at radius 3 is 2.72 bits per heavy atom. The fraction of sp³-hybridized carbons (Fsp3) is 0.647. The van der Waals surface area contributed by atoms with Crippen molar-refractivity contribution in [1.82, 2.24) is 9.21 Å². The molecule has 0 saturated carbocycles. The summed E-state index contributed by atoms with van der Waals surface area (Å²) < 4.78 is 37.8. The van der Waals surface area contributed by atoms with Crippen LogP contribution in [0.5, 0.6) is 5.75 Å². The Balaban J connectivity index is 1.54. The third-order valence-electron chi connectivity index (χ3n) is 4.64. The maximum Gasteiger partial charge on any atom is 0.214 e. The summed E-state index contributed by atoms with van der Waals surface area (Å²) in [7, 11) is -3.30. The zero-order chi connectivity index (χ0) is 17.7. The van der Waals surface area contributed by atoms with Crippen molar-refractivity contribution in [2.24, 2.45) is 0 Å². The molecule has 0 spiro atoms. The Labute approximate surface area is 149 Å². The van der Waals surface area contributed by atoms with Crippen LogP contribution >= 0.6 is 0 Å². The maximum absolute atomic E-state index is 12.6. The summed E-state index contributed by atoms with van der Waals surface area (Å²) in [6.07, 6.45) is 0.283. The van der Waals surface area contributed by atoms with E-state index in [4.69, 9.17) is 9.47 Å². The molecule has 0 aliphatic carbocycles. The number of ether oxygens (including phenoxy) is 2. The smallest absolute Gasteiger partial charge is 0.214 e. The Bertz CT molecular complexity index is 661. The molecule has 1 atom stereocenters. The van der Waals surface area contributed by atoms with Gasteiger partial charge in [-0.3, -0.25) is 4.90 Å². The molecule has 140 valence electrons. The van der Waals surface area contributed by atoms with Gasteiger partial charge in [-0.05, 0) is 30.7 Å². The first-order chi connectivity index (χ1) is 12.0. The van der Waals surface area contributed by atoms with Gasteiger partial charge in [-0.25, -0.2) is 8.42 Å². The van der Waals surface area contributed by atoms with Crippen LogP contribution < -0.4 is 0 Å². The lowest BCUT2D eigenvalue weighted by Gasteiger charge is -2.33. The van der Waals surface area contributed by atoms with Crippen molar-refractivity contribution >= 4 is 10.0 Å². The molecule has 8 heteroatoms. The summed E-state index contributed by atoms with van der Waals surface area (Å²) in [4.78, 5) is 2.24. The lowest BCUT2D eigenvalue weighted by molar-refractivity contribution is -0.00270. The predicted octanol–water partition coefficient (Wildman–Crippen LogP) is 0.818. The highest BCUT2D eigenvalue weighted by Crippen LogP contribution is 2.26. The van der Waals surface area contributed by atoms with E-state index in [-0.39, 0.29) is 17.6 Å². The topological polar surface area (TPSA) is 79.3 Å². The molecule has 0 amide bonds. The second-order valence-electron chi connectivity index (χ2n) is 6.44. The van der Waals surface area contributed by atoms with Crippen LogP contribution in [-0.4, -0.2) is 81.0 Å². The summed E-state index contributed by atoms with van der Waals surface area (Å²) in [5.41, 5.74) is 0.799. The molecule has 2 fully saturated rings. The molecule has 0 radical (unpaired) electrons. The van der Waals surface area contributed by atoms with Crippen molar-refractivity contribution in [1.29, 1.82) is 0 Å². The lowest BCUT2D eigenvalue weighted by atomic mass is 10.1. The van der Waals surface area contributed by atoms with Crippen LogP contribution in [0, 0.1) is 0 Å². The van der Waals surface area contributed by atoms with E-state index in [1.165, 1.54) is 4.31 Å². The van der Waals surface area contributed by atoms with Crippen molar-refractivity contribution in [2.45, 2.75) is 12.5 Å². The number of aromatic hydroxyl groups is 1. The number of phenols is 1. The van der Waals surface area contributed by atoms with Gasteiger partial charge in [0.15, 0.2) is 0 Å². The first-order valence-electron chi connectivity index (χ1n) is 8.73. The van der Waals surface area contributed by atoms with Crippen LogP contribution in [0.1, 0.15) is 18.1 Å². The van der Waals surface area contributed by atoms with E-state index in [1.807, 2.05) is 6.07 Å². The summed E-state index contributed by atoms with van der Waals surface area (Å²) in [6, 6.07) is 6.80. The van der Waals surface area contributed by atoms with Gasteiger partial charge >= 0.3 is 0 Å². The van der Waals surface area contributed by atoms with E-state index >= 15 is 0 Å². The van der Waals surface area contributed by atoms with Crippen molar-refractivity contribution in [2.75, 3.05) is 58.3 Å². The minimum atomic E-state index is -3.30. The van der Waals surface area contributed by atoms with E-state index in [2.05, 4.69) is 4.90 Å². The monoisotopic (exact) mass is 370 g/mol. The molecular formula is C17H26N2O5S. The van der Waals surface area contributed by atoms with Crippen molar-refractivity contribution in [3.63, 3.8) is 0 Å². The summed E-state index contributed by atoms with van der Waals surface area (Å²) in [5.74, 6) is 0.309. The van der Waals surface area contributed by atoms with Gasteiger partial charge in [0.05, 0.1) is 31.7 Å². The molecule has 3 rings (SSSR count). The number of hydrogen-bond acceptors (Lipinski definition) is 6. The Kier molecular flexibility index (Phi) is 6.29. The molecule has 1 unspecified atom stereocenters. The number of hydrogen-bond donors (Lipinski definition) is 1. The molecule has 1 N–H and O–H groups in total.